The summed E-state index contributed by atoms with van der Waals surface area (Å²) < 4.78 is 0. The minimum absolute atomic E-state index is 0.368. The molecule has 0 radical (unpaired) electrons. The highest BCUT2D eigenvalue weighted by Gasteiger charge is 2.20. The Morgan fingerprint density at radius 3 is 2.08 bits per heavy atom. The summed E-state index contributed by atoms with van der Waals surface area (Å²) in [4.78, 5) is 20.8. The second kappa shape index (κ2) is 4.71. The molecule has 0 rings (SSSR count). The van der Waals surface area contributed by atoms with E-state index in [1.807, 2.05) is 0 Å². The lowest BCUT2D eigenvalue weighted by molar-refractivity contribution is -0.142. The molecule has 0 amide bonds. The van der Waals surface area contributed by atoms with Crippen molar-refractivity contribution in [3.8, 4) is 0 Å². The average molecular weight is 175 g/mol. The molecule has 0 fully saturated rings. The van der Waals surface area contributed by atoms with Crippen molar-refractivity contribution in [2.24, 2.45) is 0 Å². The first-order chi connectivity index (χ1) is 5.49. The second-order valence-corrected chi connectivity index (χ2v) is 2.53. The van der Waals surface area contributed by atoms with Gasteiger partial charge in [-0.3, -0.25) is 14.9 Å². The fourth-order valence-corrected chi connectivity index (χ4v) is 0.737. The van der Waals surface area contributed by atoms with Crippen LogP contribution in [0.15, 0.2) is 0 Å². The van der Waals surface area contributed by atoms with E-state index in [0.717, 1.165) is 0 Å². The summed E-state index contributed by atoms with van der Waals surface area (Å²) in [5.74, 6) is -2.07. The van der Waals surface area contributed by atoms with Crippen LogP contribution in [0.3, 0.4) is 0 Å². The van der Waals surface area contributed by atoms with Crippen LogP contribution in [-0.2, 0) is 9.59 Å². The molecule has 0 aliphatic heterocycles. The van der Waals surface area contributed by atoms with Crippen molar-refractivity contribution < 1.29 is 19.8 Å². The lowest BCUT2D eigenvalue weighted by Crippen LogP contribution is -2.45. The largest absolute Gasteiger partial charge is 0.480 e. The minimum atomic E-state index is -1.05. The van der Waals surface area contributed by atoms with Gasteiger partial charge in [0.05, 0.1) is 0 Å². The zero-order valence-electron chi connectivity index (χ0n) is 7.07. The standard InChI is InChI=1S/C7H13NO4/c1-3-5(7(11)12)8-4(2)6(9)10/h4-5,8H,3H2,1-2H3,(H,9,10)(H,11,12)/t4-,5+/m0/s1. The Morgan fingerprint density at radius 1 is 1.33 bits per heavy atom. The van der Waals surface area contributed by atoms with E-state index in [2.05, 4.69) is 5.32 Å². The smallest absolute Gasteiger partial charge is 0.320 e. The van der Waals surface area contributed by atoms with Crippen LogP contribution < -0.4 is 5.32 Å². The summed E-state index contributed by atoms with van der Waals surface area (Å²) in [6, 6.07) is -1.61. The van der Waals surface area contributed by atoms with Crippen LogP contribution in [0.25, 0.3) is 0 Å². The Morgan fingerprint density at radius 2 is 1.83 bits per heavy atom. The van der Waals surface area contributed by atoms with Crippen LogP contribution in [-0.4, -0.2) is 34.2 Å². The molecule has 0 unspecified atom stereocenters. The van der Waals surface area contributed by atoms with Gasteiger partial charge in [-0.15, -0.1) is 0 Å². The third-order valence-electron chi connectivity index (χ3n) is 1.53. The molecule has 5 heteroatoms. The molecule has 0 aliphatic carbocycles. The normalized spacial score (nSPS) is 15.2. The van der Waals surface area contributed by atoms with Crippen molar-refractivity contribution >= 4 is 11.9 Å². The van der Waals surface area contributed by atoms with Gasteiger partial charge in [0.25, 0.3) is 0 Å². The number of carbonyl (C=O) groups is 2. The van der Waals surface area contributed by atoms with E-state index in [4.69, 9.17) is 10.2 Å². The maximum absolute atomic E-state index is 10.4. The predicted molar refractivity (Wildman–Crippen MR) is 41.9 cm³/mol. The van der Waals surface area contributed by atoms with Crippen molar-refractivity contribution in [3.63, 3.8) is 0 Å². The number of carboxylic acids is 2. The molecule has 12 heavy (non-hydrogen) atoms. The molecular weight excluding hydrogens is 162 g/mol. The minimum Gasteiger partial charge on any atom is -0.480 e. The van der Waals surface area contributed by atoms with E-state index in [-0.39, 0.29) is 0 Å². The Labute approximate surface area is 70.4 Å². The predicted octanol–water partition coefficient (Wildman–Crippen LogP) is -0.0877. The van der Waals surface area contributed by atoms with Gasteiger partial charge < -0.3 is 10.2 Å². The Hall–Kier alpha value is -1.10. The molecule has 70 valence electrons. The van der Waals surface area contributed by atoms with Crippen LogP contribution in [0.1, 0.15) is 20.3 Å². The summed E-state index contributed by atoms with van der Waals surface area (Å²) in [6.07, 6.45) is 0.368. The number of aliphatic carboxylic acids is 2. The highest BCUT2D eigenvalue weighted by Crippen LogP contribution is 1.93. The van der Waals surface area contributed by atoms with E-state index in [1.165, 1.54) is 6.92 Å². The van der Waals surface area contributed by atoms with Crippen LogP contribution in [0.4, 0.5) is 0 Å². The lowest BCUT2D eigenvalue weighted by atomic mass is 10.2. The highest BCUT2D eigenvalue weighted by molar-refractivity contribution is 5.77. The second-order valence-electron chi connectivity index (χ2n) is 2.53. The van der Waals surface area contributed by atoms with E-state index in [9.17, 15) is 9.59 Å². The van der Waals surface area contributed by atoms with Crippen LogP contribution in [0.5, 0.6) is 0 Å². The third-order valence-corrected chi connectivity index (χ3v) is 1.53. The third kappa shape index (κ3) is 3.34. The fraction of sp³-hybridized carbons (Fsp3) is 0.714. The molecular formula is C7H13NO4. The Balaban J connectivity index is 4.02. The monoisotopic (exact) mass is 175 g/mol. The molecule has 2 atom stereocenters. The van der Waals surface area contributed by atoms with Crippen molar-refractivity contribution in [1.82, 2.24) is 5.32 Å². The molecule has 0 aliphatic rings. The number of hydrogen-bond acceptors (Lipinski definition) is 3. The molecule has 0 saturated heterocycles. The SMILES string of the molecule is CC[C@@H](N[C@@H](C)C(=O)O)C(=O)O. The molecule has 0 aromatic rings. The molecule has 0 saturated carbocycles. The van der Waals surface area contributed by atoms with Gasteiger partial charge in [-0.25, -0.2) is 0 Å². The van der Waals surface area contributed by atoms with Crippen LogP contribution in [0.2, 0.25) is 0 Å². The first-order valence-electron chi connectivity index (χ1n) is 3.70. The van der Waals surface area contributed by atoms with Crippen molar-refractivity contribution in [1.29, 1.82) is 0 Å². The molecule has 0 aromatic carbocycles. The lowest BCUT2D eigenvalue weighted by Gasteiger charge is -2.14. The van der Waals surface area contributed by atoms with E-state index >= 15 is 0 Å². The zero-order chi connectivity index (χ0) is 9.72. The van der Waals surface area contributed by atoms with Gasteiger partial charge >= 0.3 is 11.9 Å². The van der Waals surface area contributed by atoms with Crippen molar-refractivity contribution in [2.45, 2.75) is 32.4 Å². The van der Waals surface area contributed by atoms with Crippen molar-refractivity contribution in [3.05, 3.63) is 0 Å². The van der Waals surface area contributed by atoms with Gasteiger partial charge in [-0.1, -0.05) is 6.92 Å². The summed E-state index contributed by atoms with van der Waals surface area (Å²) in [7, 11) is 0. The topological polar surface area (TPSA) is 86.6 Å². The van der Waals surface area contributed by atoms with Crippen LogP contribution in [0, 0.1) is 0 Å². The summed E-state index contributed by atoms with van der Waals surface area (Å²) in [5.41, 5.74) is 0. The maximum Gasteiger partial charge on any atom is 0.320 e. The Bertz CT molecular complexity index is 180. The zero-order valence-corrected chi connectivity index (χ0v) is 7.07. The highest BCUT2D eigenvalue weighted by atomic mass is 16.4. The summed E-state index contributed by atoms with van der Waals surface area (Å²) in [5, 5.41) is 19.5. The molecule has 3 N–H and O–H groups in total. The fourth-order valence-electron chi connectivity index (χ4n) is 0.737. The number of rotatable bonds is 5. The number of hydrogen-bond donors (Lipinski definition) is 3. The molecule has 0 aromatic heterocycles. The molecule has 0 bridgehead atoms. The van der Waals surface area contributed by atoms with Gasteiger partial charge in [0.1, 0.15) is 12.1 Å². The average Bonchev–Trinajstić information content (AvgIpc) is 1.98. The maximum atomic E-state index is 10.4. The first kappa shape index (κ1) is 10.9. The van der Waals surface area contributed by atoms with Gasteiger partial charge in [0.15, 0.2) is 0 Å². The first-order valence-corrected chi connectivity index (χ1v) is 3.70. The van der Waals surface area contributed by atoms with Gasteiger partial charge in [-0.2, -0.15) is 0 Å². The van der Waals surface area contributed by atoms with Gasteiger partial charge in [-0.05, 0) is 13.3 Å². The van der Waals surface area contributed by atoms with Gasteiger partial charge in [0, 0.05) is 0 Å². The van der Waals surface area contributed by atoms with Crippen LogP contribution >= 0.6 is 0 Å². The Kier molecular flexibility index (Phi) is 4.28. The van der Waals surface area contributed by atoms with E-state index < -0.39 is 24.0 Å². The van der Waals surface area contributed by atoms with Crippen molar-refractivity contribution in [2.75, 3.05) is 0 Å². The van der Waals surface area contributed by atoms with E-state index in [1.54, 1.807) is 6.92 Å². The quantitative estimate of drug-likeness (QED) is 0.543. The van der Waals surface area contributed by atoms with E-state index in [0.29, 0.717) is 6.42 Å². The van der Waals surface area contributed by atoms with Gasteiger partial charge in [0.2, 0.25) is 0 Å². The molecule has 0 spiro atoms. The summed E-state index contributed by atoms with van der Waals surface area (Å²) in [6.45, 7) is 3.09. The number of carboxylic acid groups (broad SMARTS) is 2. The summed E-state index contributed by atoms with van der Waals surface area (Å²) >= 11 is 0. The molecule has 5 nitrogen and oxygen atoms in total. The molecule has 0 heterocycles. The number of nitrogens with one attached hydrogen (secondary N) is 1.